The minimum atomic E-state index is 0.704. The van der Waals surface area contributed by atoms with Gasteiger partial charge in [-0.3, -0.25) is 0 Å². The molecule has 0 radical (unpaired) electrons. The van der Waals surface area contributed by atoms with Gasteiger partial charge in [0, 0.05) is 47.7 Å². The van der Waals surface area contributed by atoms with Crippen LogP contribution >= 0.6 is 11.3 Å². The molecular weight excluding hydrogens is 334 g/mol. The second kappa shape index (κ2) is 7.72. The Hall–Kier alpha value is -2.31. The van der Waals surface area contributed by atoms with Crippen LogP contribution in [0, 0.1) is 13.8 Å². The zero-order chi connectivity index (χ0) is 17.8. The fourth-order valence-corrected chi connectivity index (χ4v) is 3.60. The maximum absolute atomic E-state index is 5.26. The van der Waals surface area contributed by atoms with Gasteiger partial charge in [-0.1, -0.05) is 6.07 Å². The molecule has 2 aromatic heterocycles. The molecule has 0 saturated heterocycles. The summed E-state index contributed by atoms with van der Waals surface area (Å²) in [5, 5.41) is 6.30. The standard InChI is InChI=1S/C19H23N3O2S/c1-13-10-17(14(2)22(13)8-9-23-3)18-12-25-19(21-18)20-15-6-5-7-16(11-15)24-4/h5-7,10-12H,8-9H2,1-4H3,(H,20,21). The number of ether oxygens (including phenoxy) is 2. The van der Waals surface area contributed by atoms with Gasteiger partial charge in [0.25, 0.3) is 0 Å². The highest BCUT2D eigenvalue weighted by Gasteiger charge is 2.13. The SMILES string of the molecule is COCCn1c(C)cc(-c2csc(Nc3cccc(OC)c3)n2)c1C. The summed E-state index contributed by atoms with van der Waals surface area (Å²) in [5.74, 6) is 0.823. The summed E-state index contributed by atoms with van der Waals surface area (Å²) in [6, 6.07) is 10.0. The summed E-state index contributed by atoms with van der Waals surface area (Å²) < 4.78 is 12.7. The molecule has 0 amide bonds. The van der Waals surface area contributed by atoms with Crippen LogP contribution in [0.2, 0.25) is 0 Å². The van der Waals surface area contributed by atoms with Crippen molar-refractivity contribution >= 4 is 22.2 Å². The van der Waals surface area contributed by atoms with Gasteiger partial charge in [0.15, 0.2) is 5.13 Å². The van der Waals surface area contributed by atoms with Crippen LogP contribution in [0.4, 0.5) is 10.8 Å². The van der Waals surface area contributed by atoms with Crippen molar-refractivity contribution < 1.29 is 9.47 Å². The lowest BCUT2D eigenvalue weighted by atomic mass is 10.2. The first kappa shape index (κ1) is 17.5. The summed E-state index contributed by atoms with van der Waals surface area (Å²) in [7, 11) is 3.39. The number of hydrogen-bond donors (Lipinski definition) is 1. The van der Waals surface area contributed by atoms with E-state index in [0.717, 1.165) is 28.8 Å². The van der Waals surface area contributed by atoms with E-state index in [9.17, 15) is 0 Å². The van der Waals surface area contributed by atoms with Crippen molar-refractivity contribution in [1.29, 1.82) is 0 Å². The quantitative estimate of drug-likeness (QED) is 0.670. The lowest BCUT2D eigenvalue weighted by Crippen LogP contribution is -2.07. The number of nitrogens with zero attached hydrogens (tertiary/aromatic N) is 2. The van der Waals surface area contributed by atoms with E-state index in [-0.39, 0.29) is 0 Å². The molecule has 0 atom stereocenters. The third-order valence-corrected chi connectivity index (χ3v) is 4.95. The molecule has 0 unspecified atom stereocenters. The summed E-state index contributed by atoms with van der Waals surface area (Å²) in [6.45, 7) is 5.81. The van der Waals surface area contributed by atoms with Crippen molar-refractivity contribution in [2.75, 3.05) is 26.1 Å². The molecule has 3 aromatic rings. The molecule has 1 aromatic carbocycles. The molecule has 0 aliphatic heterocycles. The molecule has 0 saturated carbocycles. The maximum atomic E-state index is 5.26. The number of benzene rings is 1. The van der Waals surface area contributed by atoms with E-state index in [0.29, 0.717) is 6.61 Å². The van der Waals surface area contributed by atoms with Crippen molar-refractivity contribution in [1.82, 2.24) is 9.55 Å². The van der Waals surface area contributed by atoms with Crippen molar-refractivity contribution in [3.8, 4) is 17.0 Å². The van der Waals surface area contributed by atoms with Gasteiger partial charge in [0.05, 0.1) is 19.4 Å². The van der Waals surface area contributed by atoms with Gasteiger partial charge < -0.3 is 19.4 Å². The van der Waals surface area contributed by atoms with E-state index in [1.807, 2.05) is 24.3 Å². The van der Waals surface area contributed by atoms with Gasteiger partial charge in [-0.2, -0.15) is 0 Å². The molecule has 132 valence electrons. The largest absolute Gasteiger partial charge is 0.497 e. The van der Waals surface area contributed by atoms with Crippen molar-refractivity contribution in [3.63, 3.8) is 0 Å². The van der Waals surface area contributed by atoms with Crippen LogP contribution in [-0.2, 0) is 11.3 Å². The number of hydrogen-bond acceptors (Lipinski definition) is 5. The fourth-order valence-electron chi connectivity index (χ4n) is 2.87. The second-order valence-electron chi connectivity index (χ2n) is 5.82. The third-order valence-electron chi connectivity index (χ3n) is 4.19. The summed E-state index contributed by atoms with van der Waals surface area (Å²) in [5.41, 5.74) is 5.56. The summed E-state index contributed by atoms with van der Waals surface area (Å²) in [6.07, 6.45) is 0. The maximum Gasteiger partial charge on any atom is 0.187 e. The normalized spacial score (nSPS) is 10.9. The van der Waals surface area contributed by atoms with E-state index in [1.54, 1.807) is 25.6 Å². The Bertz CT molecular complexity index is 854. The highest BCUT2D eigenvalue weighted by Crippen LogP contribution is 2.31. The zero-order valence-electron chi connectivity index (χ0n) is 15.0. The predicted octanol–water partition coefficient (Wildman–Crippen LogP) is 4.63. The molecule has 0 fully saturated rings. The molecule has 25 heavy (non-hydrogen) atoms. The highest BCUT2D eigenvalue weighted by molar-refractivity contribution is 7.14. The molecule has 5 nitrogen and oxygen atoms in total. The van der Waals surface area contributed by atoms with E-state index >= 15 is 0 Å². The lowest BCUT2D eigenvalue weighted by molar-refractivity contribution is 0.186. The van der Waals surface area contributed by atoms with Crippen LogP contribution in [0.3, 0.4) is 0 Å². The summed E-state index contributed by atoms with van der Waals surface area (Å²) in [4.78, 5) is 4.75. The fraction of sp³-hybridized carbons (Fsp3) is 0.316. The number of anilines is 2. The van der Waals surface area contributed by atoms with Crippen molar-refractivity contribution in [2.45, 2.75) is 20.4 Å². The Labute approximate surface area is 152 Å². The van der Waals surface area contributed by atoms with E-state index < -0.39 is 0 Å². The topological polar surface area (TPSA) is 48.3 Å². The van der Waals surface area contributed by atoms with Gasteiger partial charge in [0.2, 0.25) is 0 Å². The number of aryl methyl sites for hydroxylation is 1. The minimum absolute atomic E-state index is 0.704. The van der Waals surface area contributed by atoms with Crippen LogP contribution in [0.5, 0.6) is 5.75 Å². The van der Waals surface area contributed by atoms with E-state index in [2.05, 4.69) is 35.2 Å². The Kier molecular flexibility index (Phi) is 5.40. The molecule has 0 aliphatic carbocycles. The van der Waals surface area contributed by atoms with Crippen LogP contribution in [-0.4, -0.2) is 30.4 Å². The van der Waals surface area contributed by atoms with Gasteiger partial charge in [0.1, 0.15) is 5.75 Å². The number of methoxy groups -OCH3 is 2. The number of aromatic nitrogens is 2. The van der Waals surface area contributed by atoms with Crippen molar-refractivity contribution in [3.05, 3.63) is 47.1 Å². The molecule has 2 heterocycles. The predicted molar refractivity (Wildman–Crippen MR) is 103 cm³/mol. The zero-order valence-corrected chi connectivity index (χ0v) is 15.8. The third kappa shape index (κ3) is 3.86. The second-order valence-corrected chi connectivity index (χ2v) is 6.68. The van der Waals surface area contributed by atoms with Crippen LogP contribution in [0.25, 0.3) is 11.3 Å². The van der Waals surface area contributed by atoms with Gasteiger partial charge in [-0.15, -0.1) is 11.3 Å². The number of nitrogens with one attached hydrogen (secondary N) is 1. The molecule has 0 aliphatic rings. The molecule has 0 bridgehead atoms. The average Bonchev–Trinajstić information content (AvgIpc) is 3.18. The highest BCUT2D eigenvalue weighted by atomic mass is 32.1. The van der Waals surface area contributed by atoms with Gasteiger partial charge >= 0.3 is 0 Å². The Morgan fingerprint density at radius 2 is 2.04 bits per heavy atom. The van der Waals surface area contributed by atoms with E-state index in [1.165, 1.54) is 17.0 Å². The Morgan fingerprint density at radius 3 is 2.80 bits per heavy atom. The summed E-state index contributed by atoms with van der Waals surface area (Å²) >= 11 is 1.60. The van der Waals surface area contributed by atoms with Gasteiger partial charge in [-0.05, 0) is 32.0 Å². The molecule has 3 rings (SSSR count). The average molecular weight is 357 g/mol. The van der Waals surface area contributed by atoms with Crippen LogP contribution in [0.15, 0.2) is 35.7 Å². The van der Waals surface area contributed by atoms with Crippen molar-refractivity contribution in [2.24, 2.45) is 0 Å². The first-order valence-electron chi connectivity index (χ1n) is 8.15. The Balaban J connectivity index is 1.81. The lowest BCUT2D eigenvalue weighted by Gasteiger charge is -2.08. The minimum Gasteiger partial charge on any atom is -0.497 e. The first-order valence-corrected chi connectivity index (χ1v) is 9.03. The van der Waals surface area contributed by atoms with Crippen LogP contribution in [0.1, 0.15) is 11.4 Å². The first-order chi connectivity index (χ1) is 12.1. The Morgan fingerprint density at radius 1 is 1.20 bits per heavy atom. The molecule has 1 N–H and O–H groups in total. The van der Waals surface area contributed by atoms with E-state index in [4.69, 9.17) is 14.5 Å². The molecular formula is C19H23N3O2S. The number of rotatable bonds is 7. The molecule has 6 heteroatoms. The van der Waals surface area contributed by atoms with Gasteiger partial charge in [-0.25, -0.2) is 4.98 Å². The van der Waals surface area contributed by atoms with Crippen LogP contribution < -0.4 is 10.1 Å². The molecule has 0 spiro atoms. The monoisotopic (exact) mass is 357 g/mol. The smallest absolute Gasteiger partial charge is 0.187 e. The number of thiazole rings is 1.